The van der Waals surface area contributed by atoms with Crippen molar-refractivity contribution in [2.45, 2.75) is 55.9 Å². The highest BCUT2D eigenvalue weighted by atomic mass is 32.2. The van der Waals surface area contributed by atoms with Gasteiger partial charge < -0.3 is 10.1 Å². The van der Waals surface area contributed by atoms with Crippen LogP contribution in [-0.4, -0.2) is 36.3 Å². The van der Waals surface area contributed by atoms with Gasteiger partial charge in [-0.2, -0.15) is 0 Å². The lowest BCUT2D eigenvalue weighted by atomic mass is 10.1. The molecule has 26 heavy (non-hydrogen) atoms. The molecule has 2 aliphatic rings. The average molecular weight is 376 g/mol. The number of nitrogens with one attached hydrogen (secondary N) is 2. The Morgan fingerprint density at radius 1 is 1.08 bits per heavy atom. The molecular weight excluding hydrogens is 352 g/mol. The van der Waals surface area contributed by atoms with Crippen LogP contribution >= 0.6 is 11.8 Å². The number of hydrogen-bond donors (Lipinski definition) is 2. The van der Waals surface area contributed by atoms with Gasteiger partial charge in [-0.15, -0.1) is 11.8 Å². The molecule has 0 atom stereocenters. The van der Waals surface area contributed by atoms with Gasteiger partial charge >= 0.3 is 12.0 Å². The minimum Gasteiger partial charge on any atom is -0.455 e. The molecule has 3 amide bonds. The second-order valence-corrected chi connectivity index (χ2v) is 7.79. The van der Waals surface area contributed by atoms with E-state index in [1.165, 1.54) is 29.3 Å². The zero-order valence-corrected chi connectivity index (χ0v) is 15.5. The van der Waals surface area contributed by atoms with Crippen molar-refractivity contribution < 1.29 is 19.1 Å². The number of amides is 3. The summed E-state index contributed by atoms with van der Waals surface area (Å²) in [6, 6.07) is 5.87. The standard InChI is InChI=1S/C19H24N2O4S/c22-17(21-19(24)20-15-6-1-2-7-15)11-25-18(23)12-26-16-9-8-13-4-3-5-14(13)10-16/h8-10,15H,1-7,11-12H2,(H2,20,21,22,24). The van der Waals surface area contributed by atoms with Crippen LogP contribution in [0.4, 0.5) is 4.79 Å². The van der Waals surface area contributed by atoms with Crippen LogP contribution in [0.1, 0.15) is 43.2 Å². The van der Waals surface area contributed by atoms with E-state index < -0.39 is 24.5 Å². The van der Waals surface area contributed by atoms with Crippen LogP contribution in [0, 0.1) is 0 Å². The molecule has 0 heterocycles. The molecule has 0 aliphatic heterocycles. The lowest BCUT2D eigenvalue weighted by Crippen LogP contribution is -2.45. The molecule has 7 heteroatoms. The van der Waals surface area contributed by atoms with Gasteiger partial charge in [0, 0.05) is 10.9 Å². The minimum absolute atomic E-state index is 0.133. The number of thioether (sulfide) groups is 1. The molecule has 1 fully saturated rings. The number of carbonyl (C=O) groups excluding carboxylic acids is 3. The second kappa shape index (κ2) is 9.07. The fourth-order valence-corrected chi connectivity index (χ4v) is 4.18. The van der Waals surface area contributed by atoms with Gasteiger partial charge in [-0.05, 0) is 55.4 Å². The second-order valence-electron chi connectivity index (χ2n) is 6.74. The lowest BCUT2D eigenvalue weighted by molar-refractivity contribution is -0.145. The van der Waals surface area contributed by atoms with Crippen LogP contribution < -0.4 is 10.6 Å². The maximum absolute atomic E-state index is 11.8. The van der Waals surface area contributed by atoms with Crippen LogP contribution in [0.15, 0.2) is 23.1 Å². The number of fused-ring (bicyclic) bond motifs is 1. The van der Waals surface area contributed by atoms with Crippen molar-refractivity contribution in [3.63, 3.8) is 0 Å². The number of aryl methyl sites for hydroxylation is 2. The molecule has 3 rings (SSSR count). The van der Waals surface area contributed by atoms with E-state index in [4.69, 9.17) is 4.74 Å². The Kier molecular flexibility index (Phi) is 6.55. The Morgan fingerprint density at radius 3 is 2.65 bits per heavy atom. The van der Waals surface area contributed by atoms with E-state index in [1.807, 2.05) is 6.07 Å². The SMILES string of the molecule is O=C(COC(=O)CSc1ccc2c(c1)CCC2)NC(=O)NC1CCCC1. The van der Waals surface area contributed by atoms with Crippen molar-refractivity contribution in [3.05, 3.63) is 29.3 Å². The highest BCUT2D eigenvalue weighted by Crippen LogP contribution is 2.27. The summed E-state index contributed by atoms with van der Waals surface area (Å²) >= 11 is 1.40. The van der Waals surface area contributed by atoms with Crippen molar-refractivity contribution in [1.82, 2.24) is 10.6 Å². The van der Waals surface area contributed by atoms with Gasteiger partial charge in [0.2, 0.25) is 0 Å². The molecule has 6 nitrogen and oxygen atoms in total. The van der Waals surface area contributed by atoms with Gasteiger partial charge in [-0.1, -0.05) is 18.9 Å². The molecule has 0 unspecified atom stereocenters. The summed E-state index contributed by atoms with van der Waals surface area (Å²) < 4.78 is 4.94. The van der Waals surface area contributed by atoms with Gasteiger partial charge in [-0.3, -0.25) is 14.9 Å². The van der Waals surface area contributed by atoms with Crippen molar-refractivity contribution in [2.75, 3.05) is 12.4 Å². The molecule has 0 aromatic heterocycles. The first-order valence-corrected chi connectivity index (χ1v) is 10.1. The van der Waals surface area contributed by atoms with Crippen molar-refractivity contribution in [2.24, 2.45) is 0 Å². The molecule has 0 spiro atoms. The summed E-state index contributed by atoms with van der Waals surface area (Å²) in [4.78, 5) is 36.2. The smallest absolute Gasteiger partial charge is 0.321 e. The Morgan fingerprint density at radius 2 is 1.85 bits per heavy atom. The van der Waals surface area contributed by atoms with E-state index in [1.54, 1.807) is 0 Å². The Labute approximate surface area is 157 Å². The topological polar surface area (TPSA) is 84.5 Å². The van der Waals surface area contributed by atoms with Crippen LogP contribution in [0.2, 0.25) is 0 Å². The first kappa shape index (κ1) is 18.8. The molecular formula is C19H24N2O4S. The number of ether oxygens (including phenoxy) is 1. The Hall–Kier alpha value is -2.02. The monoisotopic (exact) mass is 376 g/mol. The molecule has 1 aromatic rings. The summed E-state index contributed by atoms with van der Waals surface area (Å²) in [7, 11) is 0. The number of imide groups is 1. The van der Waals surface area contributed by atoms with Crippen LogP contribution in [0.3, 0.4) is 0 Å². The van der Waals surface area contributed by atoms with E-state index in [-0.39, 0.29) is 11.8 Å². The van der Waals surface area contributed by atoms with Gasteiger partial charge in [-0.25, -0.2) is 4.79 Å². The number of benzene rings is 1. The van der Waals surface area contributed by atoms with Gasteiger partial charge in [0.1, 0.15) is 0 Å². The summed E-state index contributed by atoms with van der Waals surface area (Å²) in [5.41, 5.74) is 2.75. The van der Waals surface area contributed by atoms with Crippen LogP contribution in [-0.2, 0) is 27.2 Å². The van der Waals surface area contributed by atoms with Crippen molar-refractivity contribution in [3.8, 4) is 0 Å². The number of hydrogen-bond acceptors (Lipinski definition) is 5. The third-order valence-electron chi connectivity index (χ3n) is 4.73. The quantitative estimate of drug-likeness (QED) is 0.589. The maximum Gasteiger partial charge on any atom is 0.321 e. The average Bonchev–Trinajstić information content (AvgIpc) is 3.29. The molecule has 0 saturated heterocycles. The summed E-state index contributed by atoms with van der Waals surface area (Å²) in [5, 5.41) is 4.94. The first-order chi connectivity index (χ1) is 12.6. The molecule has 0 radical (unpaired) electrons. The predicted molar refractivity (Wildman–Crippen MR) is 99.1 cm³/mol. The Bertz CT molecular complexity index is 686. The number of carbonyl (C=O) groups is 3. The zero-order valence-electron chi connectivity index (χ0n) is 14.7. The molecule has 1 aromatic carbocycles. The lowest BCUT2D eigenvalue weighted by Gasteiger charge is -2.12. The first-order valence-electron chi connectivity index (χ1n) is 9.11. The Balaban J connectivity index is 1.33. The highest BCUT2D eigenvalue weighted by molar-refractivity contribution is 8.00. The van der Waals surface area contributed by atoms with Crippen LogP contribution in [0.5, 0.6) is 0 Å². The summed E-state index contributed by atoms with van der Waals surface area (Å²) in [5.74, 6) is -0.946. The molecule has 2 aliphatic carbocycles. The van der Waals surface area contributed by atoms with E-state index >= 15 is 0 Å². The fourth-order valence-electron chi connectivity index (χ4n) is 3.42. The van der Waals surface area contributed by atoms with E-state index in [0.29, 0.717) is 0 Å². The predicted octanol–water partition coefficient (Wildman–Crippen LogP) is 2.58. The molecule has 140 valence electrons. The summed E-state index contributed by atoms with van der Waals surface area (Å²) in [6.45, 7) is -0.443. The normalized spacial score (nSPS) is 16.2. The zero-order chi connectivity index (χ0) is 18.4. The third kappa shape index (κ3) is 5.49. The van der Waals surface area contributed by atoms with Gasteiger partial charge in [0.25, 0.3) is 5.91 Å². The number of esters is 1. The van der Waals surface area contributed by atoms with E-state index in [2.05, 4.69) is 22.8 Å². The van der Waals surface area contributed by atoms with E-state index in [0.717, 1.165) is 43.4 Å². The minimum atomic E-state index is -0.614. The molecule has 2 N–H and O–H groups in total. The molecule has 0 bridgehead atoms. The number of rotatable bonds is 6. The number of urea groups is 1. The van der Waals surface area contributed by atoms with Gasteiger partial charge in [0.15, 0.2) is 6.61 Å². The third-order valence-corrected chi connectivity index (χ3v) is 5.70. The van der Waals surface area contributed by atoms with Crippen molar-refractivity contribution >= 4 is 29.7 Å². The summed E-state index contributed by atoms with van der Waals surface area (Å²) in [6.07, 6.45) is 7.49. The largest absolute Gasteiger partial charge is 0.455 e. The molecule has 1 saturated carbocycles. The van der Waals surface area contributed by atoms with Crippen LogP contribution in [0.25, 0.3) is 0 Å². The maximum atomic E-state index is 11.8. The fraction of sp³-hybridized carbons (Fsp3) is 0.526. The van der Waals surface area contributed by atoms with Gasteiger partial charge in [0.05, 0.1) is 5.75 Å². The van der Waals surface area contributed by atoms with Crippen molar-refractivity contribution in [1.29, 1.82) is 0 Å². The highest BCUT2D eigenvalue weighted by Gasteiger charge is 2.18. The van der Waals surface area contributed by atoms with E-state index in [9.17, 15) is 14.4 Å².